The quantitative estimate of drug-likeness (QED) is 0.634. The first kappa shape index (κ1) is 14.3. The van der Waals surface area contributed by atoms with Crippen LogP contribution in [0.5, 0.6) is 0 Å². The molecule has 0 radical (unpaired) electrons. The van der Waals surface area contributed by atoms with Crippen LogP contribution in [-0.2, 0) is 7.05 Å². The minimum absolute atomic E-state index is 0.185. The van der Waals surface area contributed by atoms with Gasteiger partial charge >= 0.3 is 0 Å². The van der Waals surface area contributed by atoms with E-state index in [-0.39, 0.29) is 5.91 Å². The second kappa shape index (κ2) is 5.30. The summed E-state index contributed by atoms with van der Waals surface area (Å²) in [5, 5.41) is 8.08. The Bertz CT molecular complexity index is 852. The van der Waals surface area contributed by atoms with Crippen LogP contribution in [0, 0.1) is 10.5 Å². The molecule has 5 nitrogen and oxygen atoms in total. The third kappa shape index (κ3) is 2.51. The molecule has 0 aliphatic rings. The van der Waals surface area contributed by atoms with E-state index in [1.807, 2.05) is 38.2 Å². The Hall–Kier alpha value is -1.61. The predicted molar refractivity (Wildman–Crippen MR) is 94.9 cm³/mol. The number of nitrogens with zero attached hydrogens (tertiary/aromatic N) is 2. The molecule has 0 unspecified atom stereocenters. The average molecular weight is 412 g/mol. The van der Waals surface area contributed by atoms with E-state index < -0.39 is 0 Å². The van der Waals surface area contributed by atoms with Gasteiger partial charge < -0.3 is 11.1 Å². The lowest BCUT2D eigenvalue weighted by molar-refractivity contribution is 0.103. The number of aromatic nitrogens is 2. The van der Waals surface area contributed by atoms with Crippen LogP contribution in [0.4, 0.5) is 11.4 Å². The van der Waals surface area contributed by atoms with E-state index in [1.54, 1.807) is 4.68 Å². The number of nitrogens with one attached hydrogen (secondary N) is 1. The highest BCUT2D eigenvalue weighted by Gasteiger charge is 2.21. The molecule has 0 atom stereocenters. The van der Waals surface area contributed by atoms with Crippen LogP contribution in [0.1, 0.15) is 15.4 Å². The van der Waals surface area contributed by atoms with Crippen molar-refractivity contribution in [1.82, 2.24) is 9.78 Å². The van der Waals surface area contributed by atoms with E-state index >= 15 is 0 Å². The molecule has 2 aromatic heterocycles. The van der Waals surface area contributed by atoms with E-state index in [1.165, 1.54) is 11.3 Å². The number of hydrogen-bond donors (Lipinski definition) is 2. The van der Waals surface area contributed by atoms with Crippen LogP contribution >= 0.6 is 33.9 Å². The number of carbonyl (C=O) groups is 1. The van der Waals surface area contributed by atoms with Crippen molar-refractivity contribution in [3.05, 3.63) is 38.4 Å². The number of nitrogen functional groups attached to an aromatic ring is 1. The zero-order valence-corrected chi connectivity index (χ0v) is 14.4. The van der Waals surface area contributed by atoms with Crippen molar-refractivity contribution in [2.45, 2.75) is 6.92 Å². The fraction of sp³-hybridized carbons (Fsp3) is 0.143. The molecule has 0 aliphatic carbocycles. The number of anilines is 2. The first-order valence-corrected chi connectivity index (χ1v) is 8.15. The third-order valence-corrected chi connectivity index (χ3v) is 5.11. The Morgan fingerprint density at radius 3 is 2.90 bits per heavy atom. The fourth-order valence-electron chi connectivity index (χ4n) is 2.25. The predicted octanol–water partition coefficient (Wildman–Crippen LogP) is 3.38. The number of fused-ring (bicyclic) bond motifs is 1. The van der Waals surface area contributed by atoms with Crippen molar-refractivity contribution in [3.63, 3.8) is 0 Å². The van der Waals surface area contributed by atoms with Gasteiger partial charge in [0, 0.05) is 16.3 Å². The lowest BCUT2D eigenvalue weighted by atomic mass is 10.2. The molecule has 3 N–H and O–H groups in total. The Kier molecular flexibility index (Phi) is 3.62. The number of halogens is 1. The monoisotopic (exact) mass is 412 g/mol. The molecular weight excluding hydrogens is 399 g/mol. The van der Waals surface area contributed by atoms with Gasteiger partial charge in [-0.05, 0) is 47.7 Å². The SMILES string of the molecule is Cc1nn(C)c2sc(C(=O)Nc3cccc(I)c3)c(N)c12. The van der Waals surface area contributed by atoms with E-state index in [4.69, 9.17) is 5.73 Å². The van der Waals surface area contributed by atoms with Gasteiger partial charge in [-0.1, -0.05) is 6.07 Å². The maximum absolute atomic E-state index is 12.4. The molecule has 7 heteroatoms. The molecular formula is C14H13IN4OS. The smallest absolute Gasteiger partial charge is 0.267 e. The molecule has 1 amide bonds. The lowest BCUT2D eigenvalue weighted by Gasteiger charge is -2.04. The number of nitrogens with two attached hydrogens (primary N) is 1. The lowest BCUT2D eigenvalue weighted by Crippen LogP contribution is -2.12. The first-order chi connectivity index (χ1) is 9.97. The molecule has 0 fully saturated rings. The maximum Gasteiger partial charge on any atom is 0.267 e. The van der Waals surface area contributed by atoms with Crippen molar-refractivity contribution in [2.75, 3.05) is 11.1 Å². The zero-order valence-electron chi connectivity index (χ0n) is 11.5. The molecule has 3 rings (SSSR count). The van der Waals surface area contributed by atoms with Gasteiger partial charge in [0.15, 0.2) is 0 Å². The van der Waals surface area contributed by atoms with E-state index in [2.05, 4.69) is 33.0 Å². The Morgan fingerprint density at radius 2 is 2.24 bits per heavy atom. The van der Waals surface area contributed by atoms with Gasteiger partial charge in [-0.2, -0.15) is 5.10 Å². The largest absolute Gasteiger partial charge is 0.397 e. The summed E-state index contributed by atoms with van der Waals surface area (Å²) in [5.74, 6) is -0.185. The molecule has 0 spiro atoms. The van der Waals surface area contributed by atoms with Crippen LogP contribution in [0.25, 0.3) is 10.2 Å². The molecule has 3 aromatic rings. The normalized spacial score (nSPS) is 11.0. The standard InChI is InChI=1S/C14H13IN4OS/c1-7-10-11(16)12(21-14(10)19(2)18-7)13(20)17-9-5-3-4-8(15)6-9/h3-6H,16H2,1-2H3,(H,17,20). The number of rotatable bonds is 2. The molecule has 0 aliphatic heterocycles. The summed E-state index contributed by atoms with van der Waals surface area (Å²) in [6.45, 7) is 1.90. The molecule has 0 saturated heterocycles. The van der Waals surface area contributed by atoms with Crippen molar-refractivity contribution in [2.24, 2.45) is 7.05 Å². The summed E-state index contributed by atoms with van der Waals surface area (Å²) in [6.07, 6.45) is 0. The Balaban J connectivity index is 1.98. The number of thiophene rings is 1. The highest BCUT2D eigenvalue weighted by Crippen LogP contribution is 2.35. The van der Waals surface area contributed by atoms with Gasteiger partial charge in [0.25, 0.3) is 5.91 Å². The van der Waals surface area contributed by atoms with Gasteiger partial charge in [-0.15, -0.1) is 11.3 Å². The molecule has 0 bridgehead atoms. The van der Waals surface area contributed by atoms with Crippen molar-refractivity contribution < 1.29 is 4.79 Å². The summed E-state index contributed by atoms with van der Waals surface area (Å²) in [6, 6.07) is 7.64. The van der Waals surface area contributed by atoms with E-state index in [0.29, 0.717) is 10.6 Å². The van der Waals surface area contributed by atoms with Gasteiger partial charge in [0.05, 0.1) is 16.8 Å². The molecule has 1 aromatic carbocycles. The van der Waals surface area contributed by atoms with Crippen molar-refractivity contribution in [1.29, 1.82) is 0 Å². The number of amides is 1. The van der Waals surface area contributed by atoms with Crippen LogP contribution in [-0.4, -0.2) is 15.7 Å². The summed E-state index contributed by atoms with van der Waals surface area (Å²) in [5.41, 5.74) is 8.24. The van der Waals surface area contributed by atoms with Gasteiger partial charge in [0.1, 0.15) is 9.71 Å². The van der Waals surface area contributed by atoms with Gasteiger partial charge in [0.2, 0.25) is 0 Å². The first-order valence-electron chi connectivity index (χ1n) is 6.26. The Morgan fingerprint density at radius 1 is 1.48 bits per heavy atom. The maximum atomic E-state index is 12.4. The van der Waals surface area contributed by atoms with E-state index in [9.17, 15) is 4.79 Å². The third-order valence-electron chi connectivity index (χ3n) is 3.17. The number of carbonyl (C=O) groups excluding carboxylic acids is 1. The number of hydrogen-bond acceptors (Lipinski definition) is 4. The second-order valence-corrected chi connectivity index (χ2v) is 6.94. The highest BCUT2D eigenvalue weighted by molar-refractivity contribution is 14.1. The minimum Gasteiger partial charge on any atom is -0.397 e. The Labute approximate surface area is 139 Å². The number of benzene rings is 1. The van der Waals surface area contributed by atoms with Crippen LogP contribution in [0.2, 0.25) is 0 Å². The molecule has 21 heavy (non-hydrogen) atoms. The fourth-order valence-corrected chi connectivity index (χ4v) is 3.88. The van der Waals surface area contributed by atoms with Gasteiger partial charge in [-0.3, -0.25) is 9.48 Å². The van der Waals surface area contributed by atoms with Gasteiger partial charge in [-0.25, -0.2) is 0 Å². The molecule has 2 heterocycles. The van der Waals surface area contributed by atoms with Crippen molar-refractivity contribution in [3.8, 4) is 0 Å². The second-order valence-electron chi connectivity index (χ2n) is 4.70. The van der Waals surface area contributed by atoms with E-state index in [0.717, 1.165) is 25.2 Å². The average Bonchev–Trinajstić information content (AvgIpc) is 2.89. The topological polar surface area (TPSA) is 72.9 Å². The minimum atomic E-state index is -0.185. The summed E-state index contributed by atoms with van der Waals surface area (Å²) in [7, 11) is 1.85. The summed E-state index contributed by atoms with van der Waals surface area (Å²) >= 11 is 3.57. The molecule has 108 valence electrons. The molecule has 0 saturated carbocycles. The zero-order chi connectivity index (χ0) is 15.1. The summed E-state index contributed by atoms with van der Waals surface area (Å²) in [4.78, 5) is 13.9. The highest BCUT2D eigenvalue weighted by atomic mass is 127. The van der Waals surface area contributed by atoms with Crippen LogP contribution < -0.4 is 11.1 Å². The van der Waals surface area contributed by atoms with Crippen LogP contribution in [0.3, 0.4) is 0 Å². The number of aryl methyl sites for hydroxylation is 2. The van der Waals surface area contributed by atoms with Crippen LogP contribution in [0.15, 0.2) is 24.3 Å². The van der Waals surface area contributed by atoms with Crippen molar-refractivity contribution >= 4 is 61.4 Å². The summed E-state index contributed by atoms with van der Waals surface area (Å²) < 4.78 is 2.82.